The number of nitrogens with one attached hydrogen (secondary N) is 1. The molecule has 0 amide bonds. The number of benzene rings is 7. The molecule has 0 saturated carbocycles. The van der Waals surface area contributed by atoms with E-state index in [-0.39, 0.29) is 0 Å². The second-order valence-corrected chi connectivity index (χ2v) is 12.1. The lowest BCUT2D eigenvalue weighted by Crippen LogP contribution is -2.14. The Labute approximate surface area is 269 Å². The topological polar surface area (TPSA) is 63.8 Å². The molecule has 0 atom stereocenters. The predicted octanol–water partition coefficient (Wildman–Crippen LogP) is 10.1. The summed E-state index contributed by atoms with van der Waals surface area (Å²) in [5.41, 5.74) is 4.64. The van der Waals surface area contributed by atoms with Gasteiger partial charge in [0.2, 0.25) is 0 Å². The molecule has 0 aliphatic carbocycles. The summed E-state index contributed by atoms with van der Waals surface area (Å²) in [4.78, 5) is 15.4. The van der Waals surface area contributed by atoms with Crippen molar-refractivity contribution in [2.24, 2.45) is 0 Å². The van der Waals surface area contributed by atoms with Gasteiger partial charge in [0.15, 0.2) is 17.5 Å². The molecule has 5 nitrogen and oxygen atoms in total. The molecule has 0 spiro atoms. The maximum absolute atomic E-state index is 6.27. The van der Waals surface area contributed by atoms with Crippen molar-refractivity contribution in [3.63, 3.8) is 0 Å². The highest BCUT2D eigenvalue weighted by Crippen LogP contribution is 2.38. The lowest BCUT2D eigenvalue weighted by molar-refractivity contribution is 0.531. The summed E-state index contributed by atoms with van der Waals surface area (Å²) < 4.78 is 6.27. The van der Waals surface area contributed by atoms with Crippen LogP contribution in [0.1, 0.15) is 17.1 Å². The number of fused-ring (bicyclic) bond motifs is 9. The molecule has 220 valence electrons. The van der Waals surface area contributed by atoms with E-state index in [0.717, 1.165) is 44.4 Å². The van der Waals surface area contributed by atoms with Gasteiger partial charge < -0.3 is 9.73 Å². The van der Waals surface area contributed by atoms with Gasteiger partial charge in [-0.15, -0.1) is 0 Å². The molecular weight excluding hydrogens is 576 g/mol. The third kappa shape index (κ3) is 4.14. The highest BCUT2D eigenvalue weighted by Gasteiger charge is 2.25. The molecule has 10 rings (SSSR count). The quantitative estimate of drug-likeness (QED) is 0.204. The minimum absolute atomic E-state index is 0.599. The van der Waals surface area contributed by atoms with Crippen molar-refractivity contribution in [1.82, 2.24) is 20.3 Å². The zero-order valence-corrected chi connectivity index (χ0v) is 25.2. The molecule has 0 saturated heterocycles. The van der Waals surface area contributed by atoms with Crippen molar-refractivity contribution in [2.45, 2.75) is 6.54 Å². The summed E-state index contributed by atoms with van der Waals surface area (Å²) in [5.74, 6) is 2.72. The second-order valence-electron chi connectivity index (χ2n) is 12.1. The average Bonchev–Trinajstić information content (AvgIpc) is 3.53. The van der Waals surface area contributed by atoms with Gasteiger partial charge in [-0.1, -0.05) is 115 Å². The van der Waals surface area contributed by atoms with Crippen molar-refractivity contribution in [2.75, 3.05) is 0 Å². The van der Waals surface area contributed by atoms with Crippen molar-refractivity contribution >= 4 is 59.6 Å². The van der Waals surface area contributed by atoms with Gasteiger partial charge >= 0.3 is 0 Å². The molecular formula is C42H26N4O. The number of para-hydroxylation sites is 1. The highest BCUT2D eigenvalue weighted by molar-refractivity contribution is 6.20. The monoisotopic (exact) mass is 602 g/mol. The van der Waals surface area contributed by atoms with Crippen molar-refractivity contribution in [3.8, 4) is 22.8 Å². The average molecular weight is 603 g/mol. The van der Waals surface area contributed by atoms with Crippen LogP contribution in [0.15, 0.2) is 144 Å². The van der Waals surface area contributed by atoms with Gasteiger partial charge in [0.25, 0.3) is 0 Å². The fourth-order valence-electron chi connectivity index (χ4n) is 7.06. The van der Waals surface area contributed by atoms with E-state index in [9.17, 15) is 0 Å². The Morgan fingerprint density at radius 1 is 0.489 bits per heavy atom. The van der Waals surface area contributed by atoms with Crippen LogP contribution in [0, 0.1) is 0 Å². The summed E-state index contributed by atoms with van der Waals surface area (Å²) in [7, 11) is 0. The molecule has 0 radical (unpaired) electrons. The summed E-state index contributed by atoms with van der Waals surface area (Å²) in [6.07, 6.45) is 2.01. The molecule has 2 aromatic heterocycles. The van der Waals surface area contributed by atoms with E-state index < -0.39 is 0 Å². The number of furan rings is 1. The summed E-state index contributed by atoms with van der Waals surface area (Å²) >= 11 is 0. The summed E-state index contributed by atoms with van der Waals surface area (Å²) in [5, 5.41) is 14.0. The minimum atomic E-state index is 0.599. The molecule has 1 aliphatic heterocycles. The van der Waals surface area contributed by atoms with Gasteiger partial charge in [0, 0.05) is 33.8 Å². The van der Waals surface area contributed by atoms with Crippen LogP contribution < -0.4 is 5.32 Å². The van der Waals surface area contributed by atoms with Crippen LogP contribution in [0.4, 0.5) is 0 Å². The first-order chi connectivity index (χ1) is 23.3. The first kappa shape index (κ1) is 25.9. The summed E-state index contributed by atoms with van der Waals surface area (Å²) in [6, 6.07) is 46.8. The van der Waals surface area contributed by atoms with Gasteiger partial charge in [0.1, 0.15) is 11.3 Å². The number of hydrogen-bond donors (Lipinski definition) is 1. The lowest BCUT2D eigenvalue weighted by atomic mass is 9.95. The van der Waals surface area contributed by atoms with Crippen LogP contribution in [0.2, 0.25) is 0 Å². The molecule has 9 aromatic rings. The Kier molecular flexibility index (Phi) is 5.57. The molecule has 0 fully saturated rings. The number of hydrogen-bond acceptors (Lipinski definition) is 5. The van der Waals surface area contributed by atoms with Gasteiger partial charge in [-0.25, -0.2) is 15.0 Å². The van der Waals surface area contributed by atoms with Gasteiger partial charge in [0.05, 0.1) is 6.54 Å². The highest BCUT2D eigenvalue weighted by atomic mass is 16.3. The number of rotatable bonds is 3. The molecule has 3 heterocycles. The van der Waals surface area contributed by atoms with Crippen LogP contribution >= 0.6 is 0 Å². The zero-order chi connectivity index (χ0) is 30.9. The maximum Gasteiger partial charge on any atom is 0.166 e. The Bertz CT molecular complexity index is 2750. The van der Waals surface area contributed by atoms with Crippen molar-refractivity contribution in [1.29, 1.82) is 0 Å². The molecule has 47 heavy (non-hydrogen) atoms. The van der Waals surface area contributed by atoms with Gasteiger partial charge in [-0.2, -0.15) is 0 Å². The van der Waals surface area contributed by atoms with E-state index in [0.29, 0.717) is 24.0 Å². The standard InChI is InChI=1S/C42H26N4O/c1-2-9-29-21-30(19-13-25(29)7-1)40-44-41(46-42(45-40)35-23-43-24-37-39(35)33-11-5-6-12-36(33)47-37)31-20-16-27-15-18-28-17-14-26-8-3-4-10-32(26)38(28)34(27)22-31/h1-23,43H,24H2. The van der Waals surface area contributed by atoms with Crippen molar-refractivity contribution in [3.05, 3.63) is 157 Å². The number of aromatic nitrogens is 3. The first-order valence-corrected chi connectivity index (χ1v) is 15.8. The summed E-state index contributed by atoms with van der Waals surface area (Å²) in [6.45, 7) is 0.606. The zero-order valence-electron chi connectivity index (χ0n) is 25.2. The van der Waals surface area contributed by atoms with Crippen LogP contribution in [-0.2, 0) is 6.54 Å². The molecule has 1 N–H and O–H groups in total. The van der Waals surface area contributed by atoms with E-state index in [4.69, 9.17) is 19.4 Å². The van der Waals surface area contributed by atoms with E-state index in [1.165, 1.54) is 37.7 Å². The Morgan fingerprint density at radius 2 is 1.09 bits per heavy atom. The van der Waals surface area contributed by atoms with Crippen LogP contribution in [0.25, 0.3) is 82.4 Å². The van der Waals surface area contributed by atoms with Crippen LogP contribution in [-0.4, -0.2) is 15.0 Å². The van der Waals surface area contributed by atoms with Gasteiger partial charge in [-0.3, -0.25) is 0 Å². The SMILES string of the molecule is C1=C(c2nc(-c3ccc4ccccc4c3)nc(-c3ccc4ccc5ccc6ccccc6c5c4c3)n2)c2c(oc3ccccc23)CN1. The molecule has 0 unspecified atom stereocenters. The third-order valence-corrected chi connectivity index (χ3v) is 9.32. The molecule has 0 bridgehead atoms. The maximum atomic E-state index is 6.27. The largest absolute Gasteiger partial charge is 0.459 e. The predicted molar refractivity (Wildman–Crippen MR) is 191 cm³/mol. The smallest absolute Gasteiger partial charge is 0.166 e. The fraction of sp³-hybridized carbons (Fsp3) is 0.0238. The second kappa shape index (κ2) is 10.1. The Balaban J connectivity index is 1.23. The Hall–Kier alpha value is -6.33. The van der Waals surface area contributed by atoms with Crippen molar-refractivity contribution < 1.29 is 4.42 Å². The van der Waals surface area contributed by atoms with Gasteiger partial charge in [-0.05, 0) is 61.3 Å². The van der Waals surface area contributed by atoms with E-state index in [1.807, 2.05) is 24.4 Å². The van der Waals surface area contributed by atoms with Crippen LogP contribution in [0.3, 0.4) is 0 Å². The van der Waals surface area contributed by atoms with E-state index in [2.05, 4.69) is 121 Å². The minimum Gasteiger partial charge on any atom is -0.459 e. The molecule has 7 aromatic carbocycles. The number of nitrogens with zero attached hydrogens (tertiary/aromatic N) is 3. The Morgan fingerprint density at radius 3 is 1.91 bits per heavy atom. The normalized spacial score (nSPS) is 12.9. The van der Waals surface area contributed by atoms with E-state index >= 15 is 0 Å². The fourth-order valence-corrected chi connectivity index (χ4v) is 7.06. The van der Waals surface area contributed by atoms with Crippen LogP contribution in [0.5, 0.6) is 0 Å². The third-order valence-electron chi connectivity index (χ3n) is 9.32. The molecule has 5 heteroatoms. The van der Waals surface area contributed by atoms with E-state index in [1.54, 1.807) is 0 Å². The first-order valence-electron chi connectivity index (χ1n) is 15.8. The molecule has 1 aliphatic rings. The lowest BCUT2D eigenvalue weighted by Gasteiger charge is -2.16.